The first kappa shape index (κ1) is 19.1. The number of sulfonamides is 1. The molecule has 1 unspecified atom stereocenters. The molecular formula is C17H18F3NO3S. The topological polar surface area (TPSA) is 55.4 Å². The van der Waals surface area contributed by atoms with Crippen LogP contribution in [0.1, 0.15) is 31.7 Å². The van der Waals surface area contributed by atoms with Gasteiger partial charge in [0, 0.05) is 5.69 Å². The molecule has 2 aromatic carbocycles. The molecule has 25 heavy (non-hydrogen) atoms. The van der Waals surface area contributed by atoms with E-state index in [1.807, 2.05) is 13.8 Å². The van der Waals surface area contributed by atoms with Gasteiger partial charge in [-0.25, -0.2) is 8.42 Å². The predicted molar refractivity (Wildman–Crippen MR) is 89.1 cm³/mol. The lowest BCUT2D eigenvalue weighted by Gasteiger charge is -2.12. The van der Waals surface area contributed by atoms with Gasteiger partial charge in [-0.05, 0) is 54.3 Å². The summed E-state index contributed by atoms with van der Waals surface area (Å²) in [5.41, 5.74) is 1.18. The maximum absolute atomic E-state index is 12.3. The highest BCUT2D eigenvalue weighted by Gasteiger charge is 2.31. The minimum atomic E-state index is -4.79. The van der Waals surface area contributed by atoms with Crippen molar-refractivity contribution >= 4 is 15.7 Å². The average Bonchev–Trinajstić information content (AvgIpc) is 2.54. The zero-order valence-electron chi connectivity index (χ0n) is 13.7. The number of hydrogen-bond donors (Lipinski definition) is 1. The summed E-state index contributed by atoms with van der Waals surface area (Å²) in [6, 6.07) is 11.0. The fraction of sp³-hybridized carbons (Fsp3) is 0.294. The quantitative estimate of drug-likeness (QED) is 0.784. The van der Waals surface area contributed by atoms with Crippen LogP contribution < -0.4 is 9.46 Å². The summed E-state index contributed by atoms with van der Waals surface area (Å²) in [5, 5.41) is 0. The van der Waals surface area contributed by atoms with E-state index in [1.54, 1.807) is 12.1 Å². The minimum absolute atomic E-state index is 0.0789. The van der Waals surface area contributed by atoms with Crippen LogP contribution in [0.15, 0.2) is 53.4 Å². The van der Waals surface area contributed by atoms with Crippen molar-refractivity contribution in [3.63, 3.8) is 0 Å². The first-order valence-electron chi connectivity index (χ1n) is 7.59. The molecule has 136 valence electrons. The maximum atomic E-state index is 12.3. The summed E-state index contributed by atoms with van der Waals surface area (Å²) in [4.78, 5) is 0.0789. The van der Waals surface area contributed by atoms with Gasteiger partial charge in [-0.3, -0.25) is 4.72 Å². The van der Waals surface area contributed by atoms with Gasteiger partial charge in [-0.2, -0.15) is 0 Å². The molecule has 0 aliphatic carbocycles. The molecule has 0 heterocycles. The van der Waals surface area contributed by atoms with Gasteiger partial charge in [0.25, 0.3) is 10.0 Å². The van der Waals surface area contributed by atoms with E-state index in [0.717, 1.165) is 24.1 Å². The summed E-state index contributed by atoms with van der Waals surface area (Å²) in [5.74, 6) is -0.0979. The monoisotopic (exact) mass is 373 g/mol. The van der Waals surface area contributed by atoms with Crippen molar-refractivity contribution in [2.45, 2.75) is 37.4 Å². The highest BCUT2D eigenvalue weighted by molar-refractivity contribution is 7.92. The second-order valence-corrected chi connectivity index (χ2v) is 7.24. The van der Waals surface area contributed by atoms with Crippen molar-refractivity contribution in [1.82, 2.24) is 0 Å². The van der Waals surface area contributed by atoms with Crippen molar-refractivity contribution in [3.05, 3.63) is 54.1 Å². The third-order valence-electron chi connectivity index (χ3n) is 3.71. The highest BCUT2D eigenvalue weighted by atomic mass is 32.2. The molecule has 1 atom stereocenters. The molecule has 0 amide bonds. The molecule has 8 heteroatoms. The Kier molecular flexibility index (Phi) is 5.62. The molecule has 2 aromatic rings. The Hall–Kier alpha value is -2.22. The summed E-state index contributed by atoms with van der Waals surface area (Å²) >= 11 is 0. The normalized spacial score (nSPS) is 13.3. The lowest BCUT2D eigenvalue weighted by atomic mass is 9.99. The second kappa shape index (κ2) is 7.35. The van der Waals surface area contributed by atoms with Gasteiger partial charge in [0.2, 0.25) is 0 Å². The third kappa shape index (κ3) is 5.38. The number of halogens is 3. The Balaban J connectivity index is 2.13. The number of nitrogens with one attached hydrogen (secondary N) is 1. The molecule has 1 N–H and O–H groups in total. The third-order valence-corrected chi connectivity index (χ3v) is 5.11. The number of hydrogen-bond acceptors (Lipinski definition) is 3. The van der Waals surface area contributed by atoms with Crippen molar-refractivity contribution < 1.29 is 26.3 Å². The molecule has 0 bridgehead atoms. The Morgan fingerprint density at radius 3 is 2.08 bits per heavy atom. The van der Waals surface area contributed by atoms with Crippen LogP contribution in [0.4, 0.5) is 18.9 Å². The largest absolute Gasteiger partial charge is 0.573 e. The van der Waals surface area contributed by atoms with Gasteiger partial charge in [0.1, 0.15) is 5.75 Å². The van der Waals surface area contributed by atoms with Crippen LogP contribution >= 0.6 is 0 Å². The molecular weight excluding hydrogens is 355 g/mol. The number of rotatable bonds is 6. The van der Waals surface area contributed by atoms with E-state index >= 15 is 0 Å². The fourth-order valence-electron chi connectivity index (χ4n) is 2.15. The highest BCUT2D eigenvalue weighted by Crippen LogP contribution is 2.25. The smallest absolute Gasteiger partial charge is 0.406 e. The summed E-state index contributed by atoms with van der Waals surface area (Å²) in [6.07, 6.45) is -3.85. The zero-order chi connectivity index (χ0) is 18.7. The van der Waals surface area contributed by atoms with Crippen LogP contribution in [0.3, 0.4) is 0 Å². The van der Waals surface area contributed by atoms with Crippen LogP contribution in [0.2, 0.25) is 0 Å². The van der Waals surface area contributed by atoms with Crippen molar-refractivity contribution in [2.24, 2.45) is 0 Å². The van der Waals surface area contributed by atoms with Crippen LogP contribution in [-0.2, 0) is 10.0 Å². The van der Waals surface area contributed by atoms with Crippen LogP contribution in [0.25, 0.3) is 0 Å². The zero-order valence-corrected chi connectivity index (χ0v) is 14.5. The SMILES string of the molecule is CCC(C)c1ccc(S(=O)(=O)Nc2ccc(OC(F)(F)F)cc2)cc1. The maximum Gasteiger partial charge on any atom is 0.573 e. The summed E-state index contributed by atoms with van der Waals surface area (Å²) in [6.45, 7) is 4.09. The first-order chi connectivity index (χ1) is 11.6. The standard InChI is InChI=1S/C17H18F3NO3S/c1-3-12(2)13-4-10-16(11-5-13)25(22,23)21-14-6-8-15(9-7-14)24-17(18,19)20/h4-12,21H,3H2,1-2H3. The van der Waals surface area contributed by atoms with Crippen molar-refractivity contribution in [2.75, 3.05) is 4.72 Å². The Morgan fingerprint density at radius 1 is 1.04 bits per heavy atom. The summed E-state index contributed by atoms with van der Waals surface area (Å²) < 4.78 is 67.1. The predicted octanol–water partition coefficient (Wildman–Crippen LogP) is 4.90. The number of ether oxygens (including phenoxy) is 1. The van der Waals surface area contributed by atoms with Crippen molar-refractivity contribution in [1.29, 1.82) is 0 Å². The van der Waals surface area contributed by atoms with Gasteiger partial charge in [0.15, 0.2) is 0 Å². The number of anilines is 1. The molecule has 0 saturated heterocycles. The lowest BCUT2D eigenvalue weighted by Crippen LogP contribution is -2.17. The van der Waals surface area contributed by atoms with E-state index in [4.69, 9.17) is 0 Å². The number of alkyl halides is 3. The molecule has 0 spiro atoms. The Bertz CT molecular complexity index is 801. The Morgan fingerprint density at radius 2 is 1.60 bits per heavy atom. The minimum Gasteiger partial charge on any atom is -0.406 e. The van der Waals surface area contributed by atoms with Gasteiger partial charge in [0.05, 0.1) is 4.90 Å². The Labute approximate surface area is 144 Å². The van der Waals surface area contributed by atoms with Crippen molar-refractivity contribution in [3.8, 4) is 5.75 Å². The van der Waals surface area contributed by atoms with E-state index < -0.39 is 22.1 Å². The number of benzene rings is 2. The summed E-state index contributed by atoms with van der Waals surface area (Å²) in [7, 11) is -3.82. The first-order valence-corrected chi connectivity index (χ1v) is 9.07. The van der Waals surface area contributed by atoms with E-state index in [2.05, 4.69) is 9.46 Å². The molecule has 0 aliphatic rings. The molecule has 4 nitrogen and oxygen atoms in total. The molecule has 2 rings (SSSR count). The molecule has 0 aliphatic heterocycles. The average molecular weight is 373 g/mol. The van der Waals surface area contributed by atoms with E-state index in [-0.39, 0.29) is 10.6 Å². The van der Waals surface area contributed by atoms with Gasteiger partial charge in [-0.15, -0.1) is 13.2 Å². The lowest BCUT2D eigenvalue weighted by molar-refractivity contribution is -0.274. The molecule has 0 saturated carbocycles. The van der Waals surface area contributed by atoms with Crippen LogP contribution in [-0.4, -0.2) is 14.8 Å². The van der Waals surface area contributed by atoms with E-state index in [1.165, 1.54) is 24.3 Å². The van der Waals surface area contributed by atoms with Crippen LogP contribution in [0.5, 0.6) is 5.75 Å². The van der Waals surface area contributed by atoms with Gasteiger partial charge >= 0.3 is 6.36 Å². The van der Waals surface area contributed by atoms with E-state index in [0.29, 0.717) is 5.92 Å². The van der Waals surface area contributed by atoms with E-state index in [9.17, 15) is 21.6 Å². The van der Waals surface area contributed by atoms with Crippen LogP contribution in [0, 0.1) is 0 Å². The molecule has 0 aromatic heterocycles. The molecule has 0 radical (unpaired) electrons. The molecule has 0 fully saturated rings. The second-order valence-electron chi connectivity index (χ2n) is 5.56. The van der Waals surface area contributed by atoms with Gasteiger partial charge < -0.3 is 4.74 Å². The fourth-order valence-corrected chi connectivity index (χ4v) is 3.21. The van der Waals surface area contributed by atoms with Gasteiger partial charge in [-0.1, -0.05) is 26.0 Å².